The molecule has 0 atom stereocenters. The predicted octanol–water partition coefficient (Wildman–Crippen LogP) is 4.68. The van der Waals surface area contributed by atoms with Gasteiger partial charge in [0.15, 0.2) is 0 Å². The molecule has 1 saturated carbocycles. The van der Waals surface area contributed by atoms with Gasteiger partial charge in [-0.15, -0.1) is 0 Å². The van der Waals surface area contributed by atoms with E-state index in [1.54, 1.807) is 0 Å². The number of benzene rings is 2. The van der Waals surface area contributed by atoms with Crippen LogP contribution in [0.2, 0.25) is 0 Å². The molecule has 1 aliphatic rings. The minimum absolute atomic E-state index is 0.0491. The summed E-state index contributed by atoms with van der Waals surface area (Å²) in [6, 6.07) is 14.4. The smallest absolute Gasteiger partial charge is 0.240 e. The van der Waals surface area contributed by atoms with Gasteiger partial charge in [-0.2, -0.15) is 0 Å². The number of nitrogens with zero attached hydrogens (tertiary/aromatic N) is 2. The van der Waals surface area contributed by atoms with Crippen molar-refractivity contribution in [3.63, 3.8) is 0 Å². The Morgan fingerprint density at radius 1 is 1.14 bits per heavy atom. The van der Waals surface area contributed by atoms with Crippen molar-refractivity contribution in [2.24, 2.45) is 0 Å². The molecule has 5 nitrogen and oxygen atoms in total. The molecule has 1 aliphatic carbocycles. The Morgan fingerprint density at radius 3 is 2.76 bits per heavy atom. The van der Waals surface area contributed by atoms with Crippen LogP contribution in [0, 0.1) is 13.8 Å². The van der Waals surface area contributed by atoms with Crippen LogP contribution in [0.4, 0.5) is 0 Å². The third-order valence-electron chi connectivity index (χ3n) is 5.71. The van der Waals surface area contributed by atoms with Gasteiger partial charge in [0.05, 0.1) is 11.0 Å². The number of fused-ring (bicyclic) bond motifs is 1. The Balaban J connectivity index is 1.53. The molecule has 1 aromatic heterocycles. The number of carbonyl (C=O) groups is 1. The van der Waals surface area contributed by atoms with Gasteiger partial charge in [-0.05, 0) is 56.0 Å². The van der Waals surface area contributed by atoms with E-state index in [0.717, 1.165) is 46.6 Å². The predicted molar refractivity (Wildman–Crippen MR) is 115 cm³/mol. The van der Waals surface area contributed by atoms with Gasteiger partial charge in [-0.25, -0.2) is 4.98 Å². The standard InChI is InChI=1S/C24H29N3O2/c1-17-12-13-18(2)22(14-17)29-16-23-26-20-10-6-7-11-21(20)27(23)15-24(28)25-19-8-4-3-5-9-19/h6-7,10-14,19H,3-5,8-9,15-16H2,1-2H3,(H,25,28). The number of hydrogen-bond acceptors (Lipinski definition) is 3. The molecule has 0 aliphatic heterocycles. The van der Waals surface area contributed by atoms with E-state index in [0.29, 0.717) is 12.6 Å². The molecule has 1 amide bonds. The summed E-state index contributed by atoms with van der Waals surface area (Å²) in [7, 11) is 0. The normalized spacial score (nSPS) is 14.8. The average Bonchev–Trinajstić information content (AvgIpc) is 3.07. The summed E-state index contributed by atoms with van der Waals surface area (Å²) < 4.78 is 8.08. The fourth-order valence-electron chi connectivity index (χ4n) is 4.08. The zero-order valence-corrected chi connectivity index (χ0v) is 17.3. The highest BCUT2D eigenvalue weighted by Crippen LogP contribution is 2.22. The van der Waals surface area contributed by atoms with Crippen molar-refractivity contribution in [3.8, 4) is 5.75 Å². The van der Waals surface area contributed by atoms with E-state index in [1.807, 2.05) is 41.8 Å². The minimum atomic E-state index is 0.0491. The van der Waals surface area contributed by atoms with Crippen molar-refractivity contribution in [2.75, 3.05) is 0 Å². The van der Waals surface area contributed by atoms with Gasteiger partial charge >= 0.3 is 0 Å². The topological polar surface area (TPSA) is 56.2 Å². The molecule has 1 heterocycles. The summed E-state index contributed by atoms with van der Waals surface area (Å²) in [5.41, 5.74) is 4.10. The van der Waals surface area contributed by atoms with Gasteiger partial charge in [0.2, 0.25) is 5.91 Å². The second-order valence-corrected chi connectivity index (χ2v) is 8.06. The Kier molecular flexibility index (Phi) is 5.84. The van der Waals surface area contributed by atoms with Crippen molar-refractivity contribution < 1.29 is 9.53 Å². The summed E-state index contributed by atoms with van der Waals surface area (Å²) in [6.45, 7) is 4.69. The maximum atomic E-state index is 12.7. The lowest BCUT2D eigenvalue weighted by Gasteiger charge is -2.23. The lowest BCUT2D eigenvalue weighted by Crippen LogP contribution is -2.38. The first-order valence-corrected chi connectivity index (χ1v) is 10.5. The van der Waals surface area contributed by atoms with Gasteiger partial charge < -0.3 is 14.6 Å². The van der Waals surface area contributed by atoms with E-state index in [2.05, 4.69) is 24.4 Å². The number of aromatic nitrogens is 2. The Hall–Kier alpha value is -2.82. The zero-order chi connectivity index (χ0) is 20.2. The van der Waals surface area contributed by atoms with Crippen LogP contribution in [0.5, 0.6) is 5.75 Å². The van der Waals surface area contributed by atoms with Crippen LogP contribution in [0.25, 0.3) is 11.0 Å². The number of ether oxygens (including phenoxy) is 1. The van der Waals surface area contributed by atoms with Crippen molar-refractivity contribution in [1.29, 1.82) is 0 Å². The number of imidazole rings is 1. The fourth-order valence-corrected chi connectivity index (χ4v) is 4.08. The molecule has 2 aromatic carbocycles. The molecule has 5 heteroatoms. The van der Waals surface area contributed by atoms with E-state index < -0.39 is 0 Å². The second kappa shape index (κ2) is 8.68. The maximum absolute atomic E-state index is 12.7. The quantitative estimate of drug-likeness (QED) is 0.664. The van der Waals surface area contributed by atoms with Gasteiger partial charge in [0, 0.05) is 6.04 Å². The lowest BCUT2D eigenvalue weighted by molar-refractivity contribution is -0.122. The fraction of sp³-hybridized carbons (Fsp3) is 0.417. The van der Waals surface area contributed by atoms with Crippen LogP contribution >= 0.6 is 0 Å². The van der Waals surface area contributed by atoms with Crippen LogP contribution in [0.1, 0.15) is 49.1 Å². The van der Waals surface area contributed by atoms with E-state index in [9.17, 15) is 4.79 Å². The Bertz CT molecular complexity index is 1000. The summed E-state index contributed by atoms with van der Waals surface area (Å²) in [6.07, 6.45) is 5.85. The van der Waals surface area contributed by atoms with Crippen LogP contribution in [0.15, 0.2) is 42.5 Å². The van der Waals surface area contributed by atoms with Gasteiger partial charge in [-0.3, -0.25) is 4.79 Å². The molecule has 0 bridgehead atoms. The summed E-state index contributed by atoms with van der Waals surface area (Å²) >= 11 is 0. The molecule has 4 rings (SSSR count). The van der Waals surface area contributed by atoms with Crippen molar-refractivity contribution >= 4 is 16.9 Å². The first kappa shape index (κ1) is 19.5. The molecule has 1 fully saturated rings. The molecule has 0 spiro atoms. The molecular weight excluding hydrogens is 362 g/mol. The zero-order valence-electron chi connectivity index (χ0n) is 17.3. The third-order valence-corrected chi connectivity index (χ3v) is 5.71. The van der Waals surface area contributed by atoms with Gasteiger partial charge in [0.25, 0.3) is 0 Å². The third kappa shape index (κ3) is 4.61. The van der Waals surface area contributed by atoms with Crippen LogP contribution < -0.4 is 10.1 Å². The highest BCUT2D eigenvalue weighted by molar-refractivity contribution is 5.81. The summed E-state index contributed by atoms with van der Waals surface area (Å²) in [4.78, 5) is 17.5. The highest BCUT2D eigenvalue weighted by Gasteiger charge is 2.18. The number of aryl methyl sites for hydroxylation is 2. The summed E-state index contributed by atoms with van der Waals surface area (Å²) in [5.74, 6) is 1.68. The molecule has 1 N–H and O–H groups in total. The lowest BCUT2D eigenvalue weighted by atomic mass is 9.95. The van der Waals surface area contributed by atoms with Crippen molar-refractivity contribution in [1.82, 2.24) is 14.9 Å². The molecule has 0 saturated heterocycles. The summed E-state index contributed by atoms with van der Waals surface area (Å²) in [5, 5.41) is 3.21. The number of rotatable bonds is 6. The van der Waals surface area contributed by atoms with Crippen molar-refractivity contribution in [2.45, 2.75) is 65.1 Å². The Labute approximate surface area is 172 Å². The van der Waals surface area contributed by atoms with E-state index in [-0.39, 0.29) is 12.5 Å². The number of amides is 1. The number of hydrogen-bond donors (Lipinski definition) is 1. The largest absolute Gasteiger partial charge is 0.485 e. The second-order valence-electron chi connectivity index (χ2n) is 8.06. The Morgan fingerprint density at radius 2 is 1.93 bits per heavy atom. The van der Waals surface area contributed by atoms with Gasteiger partial charge in [0.1, 0.15) is 24.7 Å². The highest BCUT2D eigenvalue weighted by atomic mass is 16.5. The van der Waals surface area contributed by atoms with Crippen LogP contribution in [0.3, 0.4) is 0 Å². The minimum Gasteiger partial charge on any atom is -0.485 e. The molecule has 0 unspecified atom stereocenters. The van der Waals surface area contributed by atoms with Crippen LogP contribution in [-0.2, 0) is 17.9 Å². The van der Waals surface area contributed by atoms with Crippen molar-refractivity contribution in [3.05, 3.63) is 59.4 Å². The monoisotopic (exact) mass is 391 g/mol. The molecule has 3 aromatic rings. The maximum Gasteiger partial charge on any atom is 0.240 e. The van der Waals surface area contributed by atoms with Gasteiger partial charge in [-0.1, -0.05) is 43.5 Å². The number of nitrogens with one attached hydrogen (secondary N) is 1. The first-order chi connectivity index (χ1) is 14.1. The number of para-hydroxylation sites is 2. The van der Waals surface area contributed by atoms with E-state index in [4.69, 9.17) is 9.72 Å². The first-order valence-electron chi connectivity index (χ1n) is 10.5. The molecule has 0 radical (unpaired) electrons. The molecule has 152 valence electrons. The average molecular weight is 392 g/mol. The SMILES string of the molecule is Cc1ccc(C)c(OCc2nc3ccccc3n2CC(=O)NC2CCCCC2)c1. The molecule has 29 heavy (non-hydrogen) atoms. The number of carbonyl (C=O) groups excluding carboxylic acids is 1. The van der Waals surface area contributed by atoms with Crippen LogP contribution in [-0.4, -0.2) is 21.5 Å². The van der Waals surface area contributed by atoms with E-state index in [1.165, 1.54) is 19.3 Å². The van der Waals surface area contributed by atoms with E-state index >= 15 is 0 Å². The molecular formula is C24H29N3O2.